The average molecular weight is 246 g/mol. The highest BCUT2D eigenvalue weighted by molar-refractivity contribution is 5.47. The predicted octanol–water partition coefficient (Wildman–Crippen LogP) is 1.21. The molecule has 4 nitrogen and oxygen atoms in total. The van der Waals surface area contributed by atoms with Crippen LogP contribution < -0.4 is 10.6 Å². The van der Waals surface area contributed by atoms with Crippen LogP contribution in [0.4, 0.5) is 5.82 Å². The molecule has 2 aliphatic heterocycles. The minimum absolute atomic E-state index is 0.577. The number of rotatable bonds is 3. The molecular formula is C14H22N4. The van der Waals surface area contributed by atoms with Crippen LogP contribution in [0.25, 0.3) is 0 Å². The molecule has 0 aromatic carbocycles. The first-order chi connectivity index (χ1) is 8.88. The van der Waals surface area contributed by atoms with E-state index in [1.54, 1.807) is 0 Å². The predicted molar refractivity (Wildman–Crippen MR) is 73.6 cm³/mol. The fourth-order valence-corrected chi connectivity index (χ4v) is 3.21. The summed E-state index contributed by atoms with van der Waals surface area (Å²) in [6.07, 6.45) is 5.88. The molecule has 4 heteroatoms. The van der Waals surface area contributed by atoms with Gasteiger partial charge >= 0.3 is 0 Å². The lowest BCUT2D eigenvalue weighted by atomic mass is 10.2. The summed E-state index contributed by atoms with van der Waals surface area (Å²) >= 11 is 0. The molecule has 3 heterocycles. The Morgan fingerprint density at radius 3 is 2.89 bits per heavy atom. The second-order valence-electron chi connectivity index (χ2n) is 5.32. The standard InChI is InChI=1S/C14H22N4/c15-10-12-4-3-6-16-14(12)18-9-5-13(11-18)17-7-1-2-8-17/h3-4,6,13H,1-2,5,7-11,15H2. The lowest BCUT2D eigenvalue weighted by Crippen LogP contribution is -2.35. The van der Waals surface area contributed by atoms with Crippen molar-refractivity contribution in [2.75, 3.05) is 31.1 Å². The molecule has 18 heavy (non-hydrogen) atoms. The zero-order valence-electron chi connectivity index (χ0n) is 10.9. The summed E-state index contributed by atoms with van der Waals surface area (Å²) in [4.78, 5) is 9.57. The molecule has 0 saturated carbocycles. The van der Waals surface area contributed by atoms with Crippen LogP contribution in [0.3, 0.4) is 0 Å². The van der Waals surface area contributed by atoms with Gasteiger partial charge in [0.2, 0.25) is 0 Å². The van der Waals surface area contributed by atoms with Gasteiger partial charge in [-0.25, -0.2) is 4.98 Å². The van der Waals surface area contributed by atoms with Crippen molar-refractivity contribution in [3.63, 3.8) is 0 Å². The highest BCUT2D eigenvalue weighted by Gasteiger charge is 2.30. The normalized spacial score (nSPS) is 24.9. The van der Waals surface area contributed by atoms with E-state index in [-0.39, 0.29) is 0 Å². The maximum absolute atomic E-state index is 5.80. The van der Waals surface area contributed by atoms with Crippen LogP contribution >= 0.6 is 0 Å². The summed E-state index contributed by atoms with van der Waals surface area (Å²) in [6.45, 7) is 5.37. The minimum Gasteiger partial charge on any atom is -0.355 e. The van der Waals surface area contributed by atoms with Crippen LogP contribution in [0.1, 0.15) is 24.8 Å². The van der Waals surface area contributed by atoms with Crippen molar-refractivity contribution in [1.29, 1.82) is 0 Å². The van der Waals surface area contributed by atoms with Crippen LogP contribution in [0.2, 0.25) is 0 Å². The molecule has 1 aromatic heterocycles. The fraction of sp³-hybridized carbons (Fsp3) is 0.643. The Kier molecular flexibility index (Phi) is 3.48. The van der Waals surface area contributed by atoms with E-state index in [0.29, 0.717) is 6.54 Å². The van der Waals surface area contributed by atoms with Gasteiger partial charge in [-0.3, -0.25) is 4.90 Å². The summed E-state index contributed by atoms with van der Waals surface area (Å²) in [5.74, 6) is 1.10. The maximum Gasteiger partial charge on any atom is 0.133 e. The largest absolute Gasteiger partial charge is 0.355 e. The summed E-state index contributed by atoms with van der Waals surface area (Å²) < 4.78 is 0. The van der Waals surface area contributed by atoms with Gasteiger partial charge in [-0.05, 0) is 38.4 Å². The zero-order valence-corrected chi connectivity index (χ0v) is 10.9. The molecule has 0 radical (unpaired) electrons. The van der Waals surface area contributed by atoms with E-state index >= 15 is 0 Å². The molecule has 0 spiro atoms. The van der Waals surface area contributed by atoms with Crippen molar-refractivity contribution in [2.24, 2.45) is 5.73 Å². The highest BCUT2D eigenvalue weighted by Crippen LogP contribution is 2.25. The molecule has 0 amide bonds. The second-order valence-corrected chi connectivity index (χ2v) is 5.32. The Morgan fingerprint density at radius 1 is 1.28 bits per heavy atom. The minimum atomic E-state index is 0.577. The van der Waals surface area contributed by atoms with Gasteiger partial charge in [0.25, 0.3) is 0 Å². The van der Waals surface area contributed by atoms with E-state index in [9.17, 15) is 0 Å². The summed E-state index contributed by atoms with van der Waals surface area (Å²) in [5, 5.41) is 0. The Bertz CT molecular complexity index is 401. The number of nitrogens with zero attached hydrogens (tertiary/aromatic N) is 3. The number of likely N-dealkylation sites (tertiary alicyclic amines) is 1. The van der Waals surface area contributed by atoms with Crippen molar-refractivity contribution in [1.82, 2.24) is 9.88 Å². The summed E-state index contributed by atoms with van der Waals surface area (Å²) in [5.41, 5.74) is 6.96. The molecule has 3 rings (SSSR count). The third kappa shape index (κ3) is 2.22. The van der Waals surface area contributed by atoms with Crippen LogP contribution in [0.5, 0.6) is 0 Å². The molecule has 2 fully saturated rings. The van der Waals surface area contributed by atoms with E-state index in [1.165, 1.54) is 37.9 Å². The van der Waals surface area contributed by atoms with Crippen molar-refractivity contribution in [2.45, 2.75) is 31.8 Å². The van der Waals surface area contributed by atoms with Crippen LogP contribution in [-0.2, 0) is 6.54 Å². The third-order valence-electron chi connectivity index (χ3n) is 4.21. The number of nitrogens with two attached hydrogens (primary N) is 1. The number of hydrogen-bond acceptors (Lipinski definition) is 4. The monoisotopic (exact) mass is 246 g/mol. The smallest absolute Gasteiger partial charge is 0.133 e. The number of anilines is 1. The van der Waals surface area contributed by atoms with Crippen LogP contribution in [0, 0.1) is 0 Å². The van der Waals surface area contributed by atoms with Crippen LogP contribution in [0.15, 0.2) is 18.3 Å². The zero-order chi connectivity index (χ0) is 12.4. The van der Waals surface area contributed by atoms with Gasteiger partial charge in [0.1, 0.15) is 5.82 Å². The van der Waals surface area contributed by atoms with Gasteiger partial charge in [0, 0.05) is 37.4 Å². The van der Waals surface area contributed by atoms with E-state index in [0.717, 1.165) is 24.9 Å². The first-order valence-electron chi connectivity index (χ1n) is 7.01. The Morgan fingerprint density at radius 2 is 2.11 bits per heavy atom. The molecule has 2 aliphatic rings. The van der Waals surface area contributed by atoms with E-state index < -0.39 is 0 Å². The molecule has 1 atom stereocenters. The average Bonchev–Trinajstić information content (AvgIpc) is 3.09. The topological polar surface area (TPSA) is 45.4 Å². The lowest BCUT2D eigenvalue weighted by Gasteiger charge is -2.24. The van der Waals surface area contributed by atoms with Gasteiger partial charge in [-0.2, -0.15) is 0 Å². The molecule has 1 unspecified atom stereocenters. The first-order valence-corrected chi connectivity index (χ1v) is 7.01. The van der Waals surface area contributed by atoms with Gasteiger partial charge in [0.15, 0.2) is 0 Å². The lowest BCUT2D eigenvalue weighted by molar-refractivity contribution is 0.260. The molecule has 0 bridgehead atoms. The van der Waals surface area contributed by atoms with E-state index in [2.05, 4.69) is 20.9 Å². The number of aromatic nitrogens is 1. The first kappa shape index (κ1) is 11.9. The fourth-order valence-electron chi connectivity index (χ4n) is 3.21. The SMILES string of the molecule is NCc1cccnc1N1CCC(N2CCCC2)C1. The summed E-state index contributed by atoms with van der Waals surface area (Å²) in [7, 11) is 0. The molecule has 2 N–H and O–H groups in total. The molecule has 98 valence electrons. The van der Waals surface area contributed by atoms with Crippen molar-refractivity contribution >= 4 is 5.82 Å². The van der Waals surface area contributed by atoms with E-state index in [1.807, 2.05) is 12.3 Å². The summed E-state index contributed by atoms with van der Waals surface area (Å²) in [6, 6.07) is 4.78. The van der Waals surface area contributed by atoms with Crippen LogP contribution in [-0.4, -0.2) is 42.1 Å². The third-order valence-corrected chi connectivity index (χ3v) is 4.21. The van der Waals surface area contributed by atoms with E-state index in [4.69, 9.17) is 5.73 Å². The quantitative estimate of drug-likeness (QED) is 0.871. The number of pyridine rings is 1. The molecule has 0 aliphatic carbocycles. The Labute approximate surface area is 109 Å². The molecule has 2 saturated heterocycles. The Hall–Kier alpha value is -1.13. The van der Waals surface area contributed by atoms with Gasteiger partial charge < -0.3 is 10.6 Å². The van der Waals surface area contributed by atoms with Gasteiger partial charge in [0.05, 0.1) is 0 Å². The van der Waals surface area contributed by atoms with Gasteiger partial charge in [-0.15, -0.1) is 0 Å². The molecular weight excluding hydrogens is 224 g/mol. The van der Waals surface area contributed by atoms with Crippen molar-refractivity contribution in [3.05, 3.63) is 23.9 Å². The van der Waals surface area contributed by atoms with Crippen molar-refractivity contribution in [3.8, 4) is 0 Å². The second kappa shape index (κ2) is 5.24. The van der Waals surface area contributed by atoms with Crippen molar-refractivity contribution < 1.29 is 0 Å². The maximum atomic E-state index is 5.80. The molecule has 1 aromatic rings. The highest BCUT2D eigenvalue weighted by atomic mass is 15.3. The Balaban J connectivity index is 1.71. The number of hydrogen-bond donors (Lipinski definition) is 1. The van der Waals surface area contributed by atoms with Gasteiger partial charge in [-0.1, -0.05) is 6.07 Å².